The summed E-state index contributed by atoms with van der Waals surface area (Å²) in [6.07, 6.45) is 0. The van der Waals surface area contributed by atoms with Gasteiger partial charge in [0.25, 0.3) is 5.91 Å². The van der Waals surface area contributed by atoms with Crippen molar-refractivity contribution in [2.24, 2.45) is 0 Å². The van der Waals surface area contributed by atoms with Gasteiger partial charge in [0.05, 0.1) is 18.4 Å². The Balaban J connectivity index is 1.84. The van der Waals surface area contributed by atoms with Crippen LogP contribution in [0.1, 0.15) is 10.4 Å². The summed E-state index contributed by atoms with van der Waals surface area (Å²) < 4.78 is 5.31. The minimum absolute atomic E-state index is 0.0735. The van der Waals surface area contributed by atoms with Crippen LogP contribution in [0.3, 0.4) is 0 Å². The number of phenols is 1. The normalized spacial score (nSPS) is 10.4. The molecule has 0 atom stereocenters. The Morgan fingerprint density at radius 2 is 2.04 bits per heavy atom. The number of aromatic amines is 1. The second kappa shape index (κ2) is 6.64. The molecular formula is C17H14ClN3O3. The summed E-state index contributed by atoms with van der Waals surface area (Å²) in [5.74, 6) is 0.345. The molecule has 0 saturated heterocycles. The summed E-state index contributed by atoms with van der Waals surface area (Å²) in [5, 5.41) is 19.6. The van der Waals surface area contributed by atoms with Crippen molar-refractivity contribution in [3.05, 3.63) is 59.1 Å². The van der Waals surface area contributed by atoms with Crippen molar-refractivity contribution in [2.45, 2.75) is 0 Å². The molecule has 122 valence electrons. The van der Waals surface area contributed by atoms with Gasteiger partial charge in [-0.15, -0.1) is 0 Å². The standard InChI is InChI=1S/C17H14ClN3O3/c1-24-15-5-3-2-4-11(15)13-9-16(21-20-13)19-17(23)12-8-10(18)6-7-14(12)22/h2-9,22H,1H3,(H2,19,20,21,23). The van der Waals surface area contributed by atoms with Gasteiger partial charge in [0.2, 0.25) is 0 Å². The molecule has 0 unspecified atom stereocenters. The maximum atomic E-state index is 12.2. The van der Waals surface area contributed by atoms with Crippen molar-refractivity contribution in [2.75, 3.05) is 12.4 Å². The second-order valence-electron chi connectivity index (χ2n) is 4.98. The van der Waals surface area contributed by atoms with E-state index in [0.717, 1.165) is 5.56 Å². The number of rotatable bonds is 4. The van der Waals surface area contributed by atoms with Crippen molar-refractivity contribution in [1.29, 1.82) is 0 Å². The van der Waals surface area contributed by atoms with E-state index in [-0.39, 0.29) is 11.3 Å². The lowest BCUT2D eigenvalue weighted by molar-refractivity contribution is 0.102. The SMILES string of the molecule is COc1ccccc1-c1cc(NC(=O)c2cc(Cl)ccc2O)n[nH]1. The van der Waals surface area contributed by atoms with Crippen LogP contribution >= 0.6 is 11.6 Å². The van der Waals surface area contributed by atoms with Crippen LogP contribution in [0.5, 0.6) is 11.5 Å². The van der Waals surface area contributed by atoms with Crippen molar-refractivity contribution >= 4 is 23.3 Å². The van der Waals surface area contributed by atoms with Gasteiger partial charge in [0.15, 0.2) is 5.82 Å². The van der Waals surface area contributed by atoms with Crippen molar-refractivity contribution in [3.8, 4) is 22.8 Å². The van der Waals surface area contributed by atoms with Gasteiger partial charge in [-0.3, -0.25) is 9.89 Å². The molecule has 0 fully saturated rings. The first-order valence-corrected chi connectivity index (χ1v) is 7.45. The van der Waals surface area contributed by atoms with E-state index in [1.54, 1.807) is 13.2 Å². The molecule has 3 N–H and O–H groups in total. The van der Waals surface area contributed by atoms with Crippen LogP contribution in [0, 0.1) is 0 Å². The van der Waals surface area contributed by atoms with Gasteiger partial charge >= 0.3 is 0 Å². The number of hydrogen-bond donors (Lipinski definition) is 3. The number of halogens is 1. The lowest BCUT2D eigenvalue weighted by Gasteiger charge is -2.05. The number of benzene rings is 2. The molecule has 0 aliphatic heterocycles. The summed E-state index contributed by atoms with van der Waals surface area (Å²) in [6.45, 7) is 0. The van der Waals surface area contributed by atoms with Gasteiger partial charge in [0.1, 0.15) is 11.5 Å². The van der Waals surface area contributed by atoms with Gasteiger partial charge in [-0.05, 0) is 30.3 Å². The largest absolute Gasteiger partial charge is 0.507 e. The van der Waals surface area contributed by atoms with E-state index in [1.807, 2.05) is 24.3 Å². The van der Waals surface area contributed by atoms with Crippen molar-refractivity contribution in [3.63, 3.8) is 0 Å². The highest BCUT2D eigenvalue weighted by atomic mass is 35.5. The second-order valence-corrected chi connectivity index (χ2v) is 5.42. The van der Waals surface area contributed by atoms with Gasteiger partial charge in [-0.1, -0.05) is 23.7 Å². The van der Waals surface area contributed by atoms with Crippen LogP contribution in [0.15, 0.2) is 48.5 Å². The monoisotopic (exact) mass is 343 g/mol. The summed E-state index contributed by atoms with van der Waals surface area (Å²) in [6, 6.07) is 13.4. The summed E-state index contributed by atoms with van der Waals surface area (Å²) in [7, 11) is 1.58. The molecular weight excluding hydrogens is 330 g/mol. The number of H-pyrrole nitrogens is 1. The fourth-order valence-corrected chi connectivity index (χ4v) is 2.44. The number of nitrogens with zero attached hydrogens (tertiary/aromatic N) is 1. The average Bonchev–Trinajstić information content (AvgIpc) is 3.05. The number of phenolic OH excluding ortho intramolecular Hbond substituents is 1. The van der Waals surface area contributed by atoms with E-state index in [9.17, 15) is 9.90 Å². The maximum absolute atomic E-state index is 12.2. The third-order valence-corrected chi connectivity index (χ3v) is 3.65. The number of methoxy groups -OCH3 is 1. The number of aromatic nitrogens is 2. The Kier molecular flexibility index (Phi) is 4.39. The third kappa shape index (κ3) is 3.18. The molecule has 0 spiro atoms. The number of carbonyl (C=O) groups excluding carboxylic acids is 1. The molecule has 7 heteroatoms. The van der Waals surface area contributed by atoms with Gasteiger partial charge in [0, 0.05) is 16.7 Å². The molecule has 3 rings (SSSR count). The first-order chi connectivity index (χ1) is 11.6. The van der Waals surface area contributed by atoms with E-state index < -0.39 is 5.91 Å². The first-order valence-electron chi connectivity index (χ1n) is 7.07. The predicted octanol–water partition coefficient (Wildman–Crippen LogP) is 3.70. The molecule has 1 amide bonds. The number of anilines is 1. The number of hydrogen-bond acceptors (Lipinski definition) is 4. The van der Waals surface area contributed by atoms with Crippen molar-refractivity contribution < 1.29 is 14.6 Å². The van der Waals surface area contributed by atoms with Gasteiger partial charge < -0.3 is 15.2 Å². The van der Waals surface area contributed by atoms with E-state index in [2.05, 4.69) is 15.5 Å². The molecule has 0 aliphatic rings. The highest BCUT2D eigenvalue weighted by Gasteiger charge is 2.14. The number of para-hydroxylation sites is 1. The Morgan fingerprint density at radius 3 is 2.83 bits per heavy atom. The van der Waals surface area contributed by atoms with Crippen LogP contribution in [0.25, 0.3) is 11.3 Å². The maximum Gasteiger partial charge on any atom is 0.260 e. The molecule has 1 aromatic heterocycles. The van der Waals surface area contributed by atoms with E-state index >= 15 is 0 Å². The molecule has 0 saturated carbocycles. The average molecular weight is 344 g/mol. The Morgan fingerprint density at radius 1 is 1.25 bits per heavy atom. The van der Waals surface area contributed by atoms with Crippen LogP contribution < -0.4 is 10.1 Å². The lowest BCUT2D eigenvalue weighted by Crippen LogP contribution is -2.12. The van der Waals surface area contributed by atoms with E-state index in [4.69, 9.17) is 16.3 Å². The van der Waals surface area contributed by atoms with Crippen LogP contribution in [-0.2, 0) is 0 Å². The molecule has 1 heterocycles. The fourth-order valence-electron chi connectivity index (χ4n) is 2.26. The van der Waals surface area contributed by atoms with Crippen LogP contribution in [0.4, 0.5) is 5.82 Å². The lowest BCUT2D eigenvalue weighted by atomic mass is 10.1. The number of carbonyl (C=O) groups is 1. The molecule has 0 aliphatic carbocycles. The predicted molar refractivity (Wildman–Crippen MR) is 91.6 cm³/mol. The quantitative estimate of drug-likeness (QED) is 0.674. The van der Waals surface area contributed by atoms with E-state index in [0.29, 0.717) is 22.3 Å². The molecule has 0 radical (unpaired) electrons. The minimum Gasteiger partial charge on any atom is -0.507 e. The molecule has 2 aromatic carbocycles. The zero-order chi connectivity index (χ0) is 17.1. The zero-order valence-corrected chi connectivity index (χ0v) is 13.5. The first kappa shape index (κ1) is 15.9. The highest BCUT2D eigenvalue weighted by Crippen LogP contribution is 2.29. The number of aromatic hydroxyl groups is 1. The Hall–Kier alpha value is -2.99. The number of nitrogens with one attached hydrogen (secondary N) is 2. The third-order valence-electron chi connectivity index (χ3n) is 3.42. The molecule has 24 heavy (non-hydrogen) atoms. The summed E-state index contributed by atoms with van der Waals surface area (Å²) >= 11 is 5.85. The molecule has 0 bridgehead atoms. The smallest absolute Gasteiger partial charge is 0.260 e. The minimum atomic E-state index is -0.506. The number of ether oxygens (including phenoxy) is 1. The Bertz CT molecular complexity index is 892. The molecule has 6 nitrogen and oxygen atoms in total. The highest BCUT2D eigenvalue weighted by molar-refractivity contribution is 6.31. The van der Waals surface area contributed by atoms with Gasteiger partial charge in [-0.25, -0.2) is 0 Å². The Labute approximate surface area is 143 Å². The summed E-state index contributed by atoms with van der Waals surface area (Å²) in [4.78, 5) is 12.2. The van der Waals surface area contributed by atoms with Crippen molar-refractivity contribution in [1.82, 2.24) is 10.2 Å². The topological polar surface area (TPSA) is 87.2 Å². The molecule has 3 aromatic rings. The van der Waals surface area contributed by atoms with Gasteiger partial charge in [-0.2, -0.15) is 5.10 Å². The van der Waals surface area contributed by atoms with Crippen LogP contribution in [0.2, 0.25) is 5.02 Å². The zero-order valence-electron chi connectivity index (χ0n) is 12.7. The fraction of sp³-hybridized carbons (Fsp3) is 0.0588. The van der Waals surface area contributed by atoms with E-state index in [1.165, 1.54) is 18.2 Å². The van der Waals surface area contributed by atoms with Crippen LogP contribution in [-0.4, -0.2) is 28.3 Å². The summed E-state index contributed by atoms with van der Waals surface area (Å²) in [5.41, 5.74) is 1.58. The number of amides is 1.